The van der Waals surface area contributed by atoms with Gasteiger partial charge in [0.1, 0.15) is 5.75 Å². The lowest BCUT2D eigenvalue weighted by atomic mass is 10.2. The van der Waals surface area contributed by atoms with E-state index in [1.54, 1.807) is 7.11 Å². The van der Waals surface area contributed by atoms with Crippen molar-refractivity contribution in [3.8, 4) is 5.75 Å². The van der Waals surface area contributed by atoms with Crippen LogP contribution in [0.3, 0.4) is 0 Å². The van der Waals surface area contributed by atoms with Crippen LogP contribution in [0.5, 0.6) is 5.75 Å². The summed E-state index contributed by atoms with van der Waals surface area (Å²) in [6.45, 7) is 6.23. The summed E-state index contributed by atoms with van der Waals surface area (Å²) in [6.07, 6.45) is 0. The van der Waals surface area contributed by atoms with Crippen molar-refractivity contribution in [1.29, 1.82) is 0 Å². The smallest absolute Gasteiger partial charge is 0.275 e. The summed E-state index contributed by atoms with van der Waals surface area (Å²) in [5.74, 6) is 0.674. The number of rotatable bonds is 9. The minimum absolute atomic E-state index is 0.0278. The van der Waals surface area contributed by atoms with Crippen LogP contribution in [0.25, 0.3) is 0 Å². The van der Waals surface area contributed by atoms with Crippen LogP contribution < -0.4 is 20.3 Å². The second-order valence-corrected chi connectivity index (χ2v) is 5.04. The minimum atomic E-state index is -0.0658. The number of amides is 2. The first-order chi connectivity index (χ1) is 10.6. The Bertz CT molecular complexity index is 491. The maximum Gasteiger partial charge on any atom is 0.275 e. The molecule has 1 unspecified atom stereocenters. The quantitative estimate of drug-likeness (QED) is 0.568. The average molecular weight is 308 g/mol. The van der Waals surface area contributed by atoms with Crippen LogP contribution in [-0.4, -0.2) is 45.1 Å². The Morgan fingerprint density at radius 3 is 2.41 bits per heavy atom. The standard InChI is InChI=1S/C16H25N3O3/c1-4-17-15(20)11-19(5-2)12-16(21)18-10-13-7-6-8-14(9-13)22-3/h6-9H,4-5,10-12H2,1-3H3,(H,17,20)(H,18,21)/p+1. The van der Waals surface area contributed by atoms with Gasteiger partial charge in [-0.3, -0.25) is 9.59 Å². The predicted molar refractivity (Wildman–Crippen MR) is 84.8 cm³/mol. The maximum atomic E-state index is 12.0. The van der Waals surface area contributed by atoms with Crippen LogP contribution in [0.4, 0.5) is 0 Å². The molecule has 0 heterocycles. The van der Waals surface area contributed by atoms with E-state index >= 15 is 0 Å². The molecule has 1 atom stereocenters. The number of likely N-dealkylation sites (N-methyl/N-ethyl adjacent to an activating group) is 2. The molecular weight excluding hydrogens is 282 g/mol. The van der Waals surface area contributed by atoms with Crippen LogP contribution in [0.15, 0.2) is 24.3 Å². The summed E-state index contributed by atoms with van der Waals surface area (Å²) in [7, 11) is 1.61. The van der Waals surface area contributed by atoms with Gasteiger partial charge >= 0.3 is 0 Å². The van der Waals surface area contributed by atoms with Gasteiger partial charge in [0.05, 0.1) is 13.7 Å². The molecule has 0 spiro atoms. The lowest BCUT2D eigenvalue weighted by molar-refractivity contribution is -0.881. The van der Waals surface area contributed by atoms with E-state index < -0.39 is 0 Å². The van der Waals surface area contributed by atoms with Gasteiger partial charge in [-0.15, -0.1) is 0 Å². The Labute approximate surface area is 131 Å². The highest BCUT2D eigenvalue weighted by Crippen LogP contribution is 2.11. The fourth-order valence-corrected chi connectivity index (χ4v) is 2.07. The van der Waals surface area contributed by atoms with E-state index in [0.29, 0.717) is 19.6 Å². The topological polar surface area (TPSA) is 71.9 Å². The van der Waals surface area contributed by atoms with E-state index in [9.17, 15) is 9.59 Å². The van der Waals surface area contributed by atoms with Gasteiger partial charge < -0.3 is 20.3 Å². The summed E-state index contributed by atoms with van der Waals surface area (Å²) in [4.78, 5) is 24.5. The van der Waals surface area contributed by atoms with Gasteiger partial charge in [-0.1, -0.05) is 12.1 Å². The molecule has 1 aromatic rings. The van der Waals surface area contributed by atoms with Gasteiger partial charge in [-0.05, 0) is 31.5 Å². The lowest BCUT2D eigenvalue weighted by Gasteiger charge is -2.16. The highest BCUT2D eigenvalue weighted by atomic mass is 16.5. The second kappa shape index (κ2) is 9.78. The Morgan fingerprint density at radius 2 is 1.82 bits per heavy atom. The van der Waals surface area contributed by atoms with Gasteiger partial charge in [0.15, 0.2) is 13.1 Å². The Kier molecular flexibility index (Phi) is 7.99. The molecule has 1 aromatic carbocycles. The van der Waals surface area contributed by atoms with Gasteiger partial charge in [0, 0.05) is 13.1 Å². The number of carbonyl (C=O) groups excluding carboxylic acids is 2. The molecular formula is C16H26N3O3+. The van der Waals surface area contributed by atoms with Crippen molar-refractivity contribution in [3.05, 3.63) is 29.8 Å². The highest BCUT2D eigenvalue weighted by molar-refractivity contribution is 5.78. The molecule has 0 bridgehead atoms. The molecule has 0 aliphatic heterocycles. The van der Waals surface area contributed by atoms with Crippen molar-refractivity contribution in [3.63, 3.8) is 0 Å². The molecule has 0 saturated carbocycles. The molecule has 0 saturated heterocycles. The SMILES string of the molecule is CCNC(=O)C[NH+](CC)CC(=O)NCc1cccc(OC)c1. The first kappa shape index (κ1) is 18.0. The van der Waals surface area contributed by atoms with E-state index in [1.165, 1.54) is 0 Å². The second-order valence-electron chi connectivity index (χ2n) is 5.04. The van der Waals surface area contributed by atoms with Gasteiger partial charge in [-0.2, -0.15) is 0 Å². The van der Waals surface area contributed by atoms with E-state index in [-0.39, 0.29) is 18.4 Å². The van der Waals surface area contributed by atoms with Crippen molar-refractivity contribution in [2.45, 2.75) is 20.4 Å². The number of methoxy groups -OCH3 is 1. The Balaban J connectivity index is 2.42. The third kappa shape index (κ3) is 6.58. The fourth-order valence-electron chi connectivity index (χ4n) is 2.07. The molecule has 3 N–H and O–H groups in total. The first-order valence-corrected chi connectivity index (χ1v) is 7.58. The van der Waals surface area contributed by atoms with Crippen molar-refractivity contribution in [1.82, 2.24) is 10.6 Å². The molecule has 0 aliphatic rings. The maximum absolute atomic E-state index is 12.0. The van der Waals surface area contributed by atoms with E-state index in [0.717, 1.165) is 22.8 Å². The number of hydrogen-bond acceptors (Lipinski definition) is 3. The largest absolute Gasteiger partial charge is 0.497 e. The van der Waals surface area contributed by atoms with Crippen molar-refractivity contribution < 1.29 is 19.2 Å². The van der Waals surface area contributed by atoms with Crippen LogP contribution in [-0.2, 0) is 16.1 Å². The zero-order valence-electron chi connectivity index (χ0n) is 13.6. The number of quaternary nitrogens is 1. The third-order valence-corrected chi connectivity index (χ3v) is 3.32. The number of benzene rings is 1. The third-order valence-electron chi connectivity index (χ3n) is 3.32. The molecule has 6 nitrogen and oxygen atoms in total. The summed E-state index contributed by atoms with van der Waals surface area (Å²) < 4.78 is 5.15. The molecule has 0 aliphatic carbocycles. The molecule has 2 amide bonds. The van der Waals surface area contributed by atoms with Gasteiger partial charge in [-0.25, -0.2) is 0 Å². The van der Waals surface area contributed by atoms with E-state index in [2.05, 4.69) is 10.6 Å². The zero-order valence-corrected chi connectivity index (χ0v) is 13.6. The average Bonchev–Trinajstić information content (AvgIpc) is 2.52. The fraction of sp³-hybridized carbons (Fsp3) is 0.500. The van der Waals surface area contributed by atoms with Crippen LogP contribution in [0.2, 0.25) is 0 Å². The van der Waals surface area contributed by atoms with Gasteiger partial charge in [0.25, 0.3) is 11.8 Å². The van der Waals surface area contributed by atoms with Crippen LogP contribution >= 0.6 is 0 Å². The van der Waals surface area contributed by atoms with E-state index in [1.807, 2.05) is 38.1 Å². The zero-order chi connectivity index (χ0) is 16.4. The first-order valence-electron chi connectivity index (χ1n) is 7.58. The Hall–Kier alpha value is -2.08. The van der Waals surface area contributed by atoms with E-state index in [4.69, 9.17) is 4.74 Å². The monoisotopic (exact) mass is 308 g/mol. The number of nitrogens with one attached hydrogen (secondary N) is 3. The molecule has 1 rings (SSSR count). The molecule has 0 radical (unpaired) electrons. The van der Waals surface area contributed by atoms with Gasteiger partial charge in [0.2, 0.25) is 0 Å². The summed E-state index contributed by atoms with van der Waals surface area (Å²) in [5.41, 5.74) is 0.981. The molecule has 0 aromatic heterocycles. The normalized spacial score (nSPS) is 11.6. The molecule has 6 heteroatoms. The summed E-state index contributed by atoms with van der Waals surface area (Å²) in [5, 5.41) is 5.62. The van der Waals surface area contributed by atoms with Crippen LogP contribution in [0, 0.1) is 0 Å². The predicted octanol–water partition coefficient (Wildman–Crippen LogP) is -0.648. The number of ether oxygens (including phenoxy) is 1. The minimum Gasteiger partial charge on any atom is -0.497 e. The molecule has 122 valence electrons. The summed E-state index contributed by atoms with van der Waals surface area (Å²) in [6, 6.07) is 7.57. The lowest BCUT2D eigenvalue weighted by Crippen LogP contribution is -3.14. The summed E-state index contributed by atoms with van der Waals surface area (Å²) >= 11 is 0. The van der Waals surface area contributed by atoms with Crippen LogP contribution in [0.1, 0.15) is 19.4 Å². The molecule has 22 heavy (non-hydrogen) atoms. The number of hydrogen-bond donors (Lipinski definition) is 3. The van der Waals surface area contributed by atoms with Crippen molar-refractivity contribution in [2.75, 3.05) is 33.3 Å². The molecule has 0 fully saturated rings. The Morgan fingerprint density at radius 1 is 1.14 bits per heavy atom. The number of carbonyl (C=O) groups is 2. The van der Waals surface area contributed by atoms with Crippen molar-refractivity contribution >= 4 is 11.8 Å². The van der Waals surface area contributed by atoms with Crippen molar-refractivity contribution in [2.24, 2.45) is 0 Å². The highest BCUT2D eigenvalue weighted by Gasteiger charge is 2.15.